The van der Waals surface area contributed by atoms with Crippen LogP contribution >= 0.6 is 23.4 Å². The summed E-state index contributed by atoms with van der Waals surface area (Å²) in [5, 5.41) is 3.66. The van der Waals surface area contributed by atoms with Crippen molar-refractivity contribution in [2.45, 2.75) is 23.0 Å². The number of carbonyl (C=O) groups excluding carboxylic acids is 1. The molecule has 0 aliphatic carbocycles. The summed E-state index contributed by atoms with van der Waals surface area (Å²) >= 11 is 7.90. The predicted molar refractivity (Wildman–Crippen MR) is 110 cm³/mol. The summed E-state index contributed by atoms with van der Waals surface area (Å²) in [6.07, 6.45) is 2.24. The maximum absolute atomic E-state index is 13.4. The lowest BCUT2D eigenvalue weighted by molar-refractivity contribution is -0.132. The van der Waals surface area contributed by atoms with Crippen LogP contribution < -0.4 is 5.32 Å². The van der Waals surface area contributed by atoms with Crippen molar-refractivity contribution >= 4 is 29.3 Å². The molecule has 1 aliphatic heterocycles. The second kappa shape index (κ2) is 9.45. The molecular formula is C21H25ClN2OS. The summed E-state index contributed by atoms with van der Waals surface area (Å²) < 4.78 is 0. The van der Waals surface area contributed by atoms with Crippen LogP contribution in [0.15, 0.2) is 59.5 Å². The van der Waals surface area contributed by atoms with Crippen LogP contribution in [-0.4, -0.2) is 37.5 Å². The number of piperidine rings is 1. The van der Waals surface area contributed by atoms with Gasteiger partial charge in [-0.3, -0.25) is 4.79 Å². The van der Waals surface area contributed by atoms with Crippen molar-refractivity contribution in [3.8, 4) is 0 Å². The summed E-state index contributed by atoms with van der Waals surface area (Å²) in [4.78, 5) is 16.4. The van der Waals surface area contributed by atoms with Crippen molar-refractivity contribution in [1.29, 1.82) is 0 Å². The lowest BCUT2D eigenvalue weighted by Gasteiger charge is -2.35. The Balaban J connectivity index is 1.83. The summed E-state index contributed by atoms with van der Waals surface area (Å²) in [5.74, 6) is 0.710. The van der Waals surface area contributed by atoms with E-state index in [4.69, 9.17) is 11.6 Å². The van der Waals surface area contributed by atoms with E-state index in [0.717, 1.165) is 36.5 Å². The molecule has 26 heavy (non-hydrogen) atoms. The number of hydrogen-bond acceptors (Lipinski definition) is 3. The number of thioether (sulfide) groups is 1. The Morgan fingerprint density at radius 3 is 2.69 bits per heavy atom. The molecule has 0 bridgehead atoms. The fourth-order valence-electron chi connectivity index (χ4n) is 3.44. The molecule has 3 nitrogen and oxygen atoms in total. The molecule has 1 heterocycles. The van der Waals surface area contributed by atoms with Crippen molar-refractivity contribution in [1.82, 2.24) is 10.2 Å². The maximum Gasteiger partial charge on any atom is 0.240 e. The molecule has 3 rings (SSSR count). The summed E-state index contributed by atoms with van der Waals surface area (Å²) in [5.41, 5.74) is 1.03. The average Bonchev–Trinajstić information content (AvgIpc) is 2.68. The number of rotatable bonds is 6. The Morgan fingerprint density at radius 2 is 1.96 bits per heavy atom. The highest BCUT2D eigenvalue weighted by Gasteiger charge is 2.30. The Kier molecular flexibility index (Phi) is 7.00. The van der Waals surface area contributed by atoms with Gasteiger partial charge >= 0.3 is 0 Å². The molecule has 2 unspecified atom stereocenters. The first-order chi connectivity index (χ1) is 12.7. The molecule has 1 aliphatic rings. The number of hydrogen-bond donors (Lipinski definition) is 1. The molecule has 1 saturated heterocycles. The fourth-order valence-corrected chi connectivity index (χ4v) is 4.85. The van der Waals surface area contributed by atoms with Crippen molar-refractivity contribution in [2.75, 3.05) is 26.7 Å². The van der Waals surface area contributed by atoms with Crippen LogP contribution in [0.2, 0.25) is 5.02 Å². The monoisotopic (exact) mass is 388 g/mol. The average molecular weight is 389 g/mol. The van der Waals surface area contributed by atoms with Crippen LogP contribution in [0, 0.1) is 5.92 Å². The van der Waals surface area contributed by atoms with Gasteiger partial charge < -0.3 is 10.2 Å². The van der Waals surface area contributed by atoms with E-state index in [0.29, 0.717) is 10.9 Å². The van der Waals surface area contributed by atoms with Crippen LogP contribution in [-0.2, 0) is 4.79 Å². The molecule has 1 amide bonds. The van der Waals surface area contributed by atoms with Gasteiger partial charge in [0, 0.05) is 18.0 Å². The van der Waals surface area contributed by atoms with Crippen LogP contribution in [0.4, 0.5) is 0 Å². The summed E-state index contributed by atoms with van der Waals surface area (Å²) in [7, 11) is 1.97. The molecule has 1 N–H and O–H groups in total. The molecule has 2 aromatic carbocycles. The minimum Gasteiger partial charge on any atom is -0.341 e. The highest BCUT2D eigenvalue weighted by atomic mass is 35.5. The number of amides is 1. The van der Waals surface area contributed by atoms with Crippen molar-refractivity contribution in [2.24, 2.45) is 5.92 Å². The van der Waals surface area contributed by atoms with Gasteiger partial charge in [-0.1, -0.05) is 54.1 Å². The molecule has 0 saturated carbocycles. The highest BCUT2D eigenvalue weighted by molar-refractivity contribution is 8.00. The van der Waals surface area contributed by atoms with Crippen molar-refractivity contribution < 1.29 is 4.79 Å². The van der Waals surface area contributed by atoms with Crippen molar-refractivity contribution in [3.05, 3.63) is 65.2 Å². The number of carbonyl (C=O) groups is 1. The largest absolute Gasteiger partial charge is 0.341 e. The Morgan fingerprint density at radius 1 is 1.23 bits per heavy atom. The molecule has 0 spiro atoms. The third kappa shape index (κ3) is 4.81. The third-order valence-electron chi connectivity index (χ3n) is 4.73. The van der Waals surface area contributed by atoms with Gasteiger partial charge in [0.15, 0.2) is 0 Å². The van der Waals surface area contributed by atoms with Crippen LogP contribution in [0.3, 0.4) is 0 Å². The number of likely N-dealkylation sites (tertiary alicyclic amines) is 1. The van der Waals surface area contributed by atoms with Gasteiger partial charge in [0.05, 0.1) is 5.02 Å². The first-order valence-electron chi connectivity index (χ1n) is 9.08. The van der Waals surface area contributed by atoms with E-state index in [1.807, 2.05) is 66.5 Å². The quantitative estimate of drug-likeness (QED) is 0.732. The zero-order valence-electron chi connectivity index (χ0n) is 15.0. The van der Waals surface area contributed by atoms with Gasteiger partial charge in [0.2, 0.25) is 5.91 Å². The molecule has 2 aromatic rings. The fraction of sp³-hybridized carbons (Fsp3) is 0.381. The lowest BCUT2D eigenvalue weighted by Crippen LogP contribution is -2.44. The van der Waals surface area contributed by atoms with E-state index < -0.39 is 0 Å². The van der Waals surface area contributed by atoms with E-state index in [9.17, 15) is 4.79 Å². The summed E-state index contributed by atoms with van der Waals surface area (Å²) in [6.45, 7) is 2.62. The van der Waals surface area contributed by atoms with Gasteiger partial charge in [-0.05, 0) is 50.0 Å². The standard InChI is InChI=1S/C21H25ClN2OS/c1-23-14-16-8-7-13-24(15-16)21(25)20(17-9-3-2-4-10-17)26-19-12-6-5-11-18(19)22/h2-6,9-12,16,20,23H,7-8,13-15H2,1H3. The number of nitrogens with one attached hydrogen (secondary N) is 1. The topological polar surface area (TPSA) is 32.3 Å². The maximum atomic E-state index is 13.4. The van der Waals surface area contributed by atoms with E-state index in [1.54, 1.807) is 11.8 Å². The normalized spacial score (nSPS) is 18.5. The molecule has 1 fully saturated rings. The van der Waals surface area contributed by atoms with Gasteiger partial charge in [-0.25, -0.2) is 0 Å². The number of halogens is 1. The number of benzene rings is 2. The van der Waals surface area contributed by atoms with E-state index >= 15 is 0 Å². The SMILES string of the molecule is CNCC1CCCN(C(=O)C(Sc2ccccc2Cl)c2ccccc2)C1. The van der Waals surface area contributed by atoms with E-state index in [-0.39, 0.29) is 11.2 Å². The van der Waals surface area contributed by atoms with Crippen LogP contribution in [0.1, 0.15) is 23.7 Å². The van der Waals surface area contributed by atoms with Crippen LogP contribution in [0.5, 0.6) is 0 Å². The van der Waals surface area contributed by atoms with Gasteiger partial charge in [0.1, 0.15) is 5.25 Å². The number of nitrogens with zero attached hydrogens (tertiary/aromatic N) is 1. The van der Waals surface area contributed by atoms with E-state index in [1.165, 1.54) is 6.42 Å². The highest BCUT2D eigenvalue weighted by Crippen LogP contribution is 2.40. The third-order valence-corrected chi connectivity index (χ3v) is 6.49. The zero-order valence-corrected chi connectivity index (χ0v) is 16.6. The minimum atomic E-state index is -0.274. The second-order valence-corrected chi connectivity index (χ2v) is 8.24. The first-order valence-corrected chi connectivity index (χ1v) is 10.3. The van der Waals surface area contributed by atoms with Gasteiger partial charge in [0.25, 0.3) is 0 Å². The van der Waals surface area contributed by atoms with E-state index in [2.05, 4.69) is 5.32 Å². The Labute approximate surface area is 165 Å². The Bertz CT molecular complexity index is 723. The predicted octanol–water partition coefficient (Wildman–Crippen LogP) is 4.63. The molecule has 0 radical (unpaired) electrons. The van der Waals surface area contributed by atoms with Gasteiger partial charge in [-0.15, -0.1) is 11.8 Å². The zero-order chi connectivity index (χ0) is 18.4. The molecule has 5 heteroatoms. The first kappa shape index (κ1) is 19.3. The van der Waals surface area contributed by atoms with Gasteiger partial charge in [-0.2, -0.15) is 0 Å². The summed E-state index contributed by atoms with van der Waals surface area (Å²) in [6, 6.07) is 17.8. The molecular weight excluding hydrogens is 364 g/mol. The second-order valence-electron chi connectivity index (χ2n) is 6.69. The lowest BCUT2D eigenvalue weighted by atomic mass is 9.97. The van der Waals surface area contributed by atoms with Crippen LogP contribution in [0.25, 0.3) is 0 Å². The molecule has 138 valence electrons. The Hall–Kier alpha value is -1.49. The van der Waals surface area contributed by atoms with Crippen molar-refractivity contribution in [3.63, 3.8) is 0 Å². The minimum absolute atomic E-state index is 0.182. The molecule has 2 atom stereocenters. The smallest absolute Gasteiger partial charge is 0.240 e. The molecule has 0 aromatic heterocycles.